The maximum Gasteiger partial charge on any atom is 0.308 e. The number of amides is 2. The molecule has 1 aromatic carbocycles. The van der Waals surface area contributed by atoms with E-state index < -0.39 is 17.8 Å². The molecule has 0 radical (unpaired) electrons. The summed E-state index contributed by atoms with van der Waals surface area (Å²) in [6.45, 7) is 2.04. The third kappa shape index (κ3) is 2.99. The zero-order chi connectivity index (χ0) is 17.3. The Labute approximate surface area is 138 Å². The molecule has 2 atom stereocenters. The average molecular weight is 334 g/mol. The van der Waals surface area contributed by atoms with Crippen LogP contribution in [-0.2, 0) is 9.59 Å². The molecule has 0 bridgehead atoms. The van der Waals surface area contributed by atoms with Crippen molar-refractivity contribution in [3.63, 3.8) is 0 Å². The Morgan fingerprint density at radius 1 is 1.29 bits per heavy atom. The summed E-state index contributed by atoms with van der Waals surface area (Å²) in [5.74, 6) is -1.08. The van der Waals surface area contributed by atoms with Crippen LogP contribution in [0.5, 0.6) is 11.5 Å². The fourth-order valence-corrected chi connectivity index (χ4v) is 3.02. The predicted molar refractivity (Wildman–Crippen MR) is 81.8 cm³/mol. The number of rotatable bonds is 4. The lowest BCUT2D eigenvalue weighted by Gasteiger charge is -2.23. The van der Waals surface area contributed by atoms with Crippen molar-refractivity contribution in [2.45, 2.75) is 19.4 Å². The number of ether oxygens (including phenoxy) is 2. The summed E-state index contributed by atoms with van der Waals surface area (Å²) >= 11 is 0. The zero-order valence-electron chi connectivity index (χ0n) is 13.2. The SMILES string of the molecule is CC1C(C(=O)O)CCN1C(=O)CNC(=O)c1ccc2c(c1)OCO2. The van der Waals surface area contributed by atoms with E-state index in [0.29, 0.717) is 30.0 Å². The molecule has 2 N–H and O–H groups in total. The quantitative estimate of drug-likeness (QED) is 0.829. The minimum absolute atomic E-state index is 0.122. The van der Waals surface area contributed by atoms with Gasteiger partial charge >= 0.3 is 5.97 Å². The number of carboxylic acids is 1. The van der Waals surface area contributed by atoms with E-state index in [1.165, 1.54) is 4.90 Å². The molecule has 2 heterocycles. The highest BCUT2D eigenvalue weighted by atomic mass is 16.7. The third-order valence-electron chi connectivity index (χ3n) is 4.43. The number of carbonyl (C=O) groups excluding carboxylic acids is 2. The lowest BCUT2D eigenvalue weighted by Crippen LogP contribution is -2.43. The number of hydrogen-bond acceptors (Lipinski definition) is 5. The molecule has 24 heavy (non-hydrogen) atoms. The van der Waals surface area contributed by atoms with Crippen LogP contribution in [0.1, 0.15) is 23.7 Å². The molecule has 0 spiro atoms. The van der Waals surface area contributed by atoms with Gasteiger partial charge in [0.25, 0.3) is 5.91 Å². The molecule has 8 nitrogen and oxygen atoms in total. The van der Waals surface area contributed by atoms with Gasteiger partial charge < -0.3 is 24.8 Å². The Kier molecular flexibility index (Phi) is 4.28. The highest BCUT2D eigenvalue weighted by molar-refractivity contribution is 5.97. The maximum absolute atomic E-state index is 12.2. The highest BCUT2D eigenvalue weighted by Gasteiger charge is 2.37. The van der Waals surface area contributed by atoms with Gasteiger partial charge in [-0.2, -0.15) is 0 Å². The van der Waals surface area contributed by atoms with Gasteiger partial charge in [0.15, 0.2) is 11.5 Å². The Bertz CT molecular complexity index is 689. The van der Waals surface area contributed by atoms with Crippen LogP contribution in [0.4, 0.5) is 0 Å². The van der Waals surface area contributed by atoms with Crippen LogP contribution >= 0.6 is 0 Å². The fourth-order valence-electron chi connectivity index (χ4n) is 3.02. The molecule has 0 aromatic heterocycles. The predicted octanol–water partition coefficient (Wildman–Crippen LogP) is 0.467. The zero-order valence-corrected chi connectivity index (χ0v) is 13.2. The van der Waals surface area contributed by atoms with E-state index in [9.17, 15) is 14.4 Å². The van der Waals surface area contributed by atoms with Gasteiger partial charge in [-0.3, -0.25) is 14.4 Å². The molecule has 2 unspecified atom stereocenters. The van der Waals surface area contributed by atoms with Gasteiger partial charge in [0.05, 0.1) is 12.5 Å². The summed E-state index contributed by atoms with van der Waals surface area (Å²) in [4.78, 5) is 37.0. The lowest BCUT2D eigenvalue weighted by molar-refractivity contribution is -0.143. The number of hydrogen-bond donors (Lipinski definition) is 2. The van der Waals surface area contributed by atoms with E-state index in [4.69, 9.17) is 14.6 Å². The van der Waals surface area contributed by atoms with Crippen molar-refractivity contribution in [3.8, 4) is 11.5 Å². The first-order valence-electron chi connectivity index (χ1n) is 7.67. The van der Waals surface area contributed by atoms with Crippen molar-refractivity contribution in [1.29, 1.82) is 0 Å². The van der Waals surface area contributed by atoms with Crippen LogP contribution in [0.3, 0.4) is 0 Å². The van der Waals surface area contributed by atoms with E-state index in [1.54, 1.807) is 25.1 Å². The topological polar surface area (TPSA) is 105 Å². The number of nitrogens with zero attached hydrogens (tertiary/aromatic N) is 1. The second-order valence-corrected chi connectivity index (χ2v) is 5.81. The first-order chi connectivity index (χ1) is 11.5. The van der Waals surface area contributed by atoms with Gasteiger partial charge in [-0.05, 0) is 31.5 Å². The van der Waals surface area contributed by atoms with Crippen LogP contribution < -0.4 is 14.8 Å². The van der Waals surface area contributed by atoms with Crippen molar-refractivity contribution in [3.05, 3.63) is 23.8 Å². The summed E-state index contributed by atoms with van der Waals surface area (Å²) in [6, 6.07) is 4.41. The Balaban J connectivity index is 1.56. The third-order valence-corrected chi connectivity index (χ3v) is 4.43. The van der Waals surface area contributed by atoms with Gasteiger partial charge in [0, 0.05) is 18.2 Å². The van der Waals surface area contributed by atoms with E-state index in [1.807, 2.05) is 0 Å². The van der Waals surface area contributed by atoms with Gasteiger partial charge in [-0.15, -0.1) is 0 Å². The minimum atomic E-state index is -0.901. The van der Waals surface area contributed by atoms with Crippen LogP contribution in [0.25, 0.3) is 0 Å². The van der Waals surface area contributed by atoms with Gasteiger partial charge in [0.1, 0.15) is 0 Å². The molecular formula is C16H18N2O6. The number of aliphatic carboxylic acids is 1. The van der Waals surface area contributed by atoms with Crippen molar-refractivity contribution in [2.75, 3.05) is 19.9 Å². The smallest absolute Gasteiger partial charge is 0.308 e. The van der Waals surface area contributed by atoms with Crippen LogP contribution in [0, 0.1) is 5.92 Å². The Morgan fingerprint density at radius 2 is 2.04 bits per heavy atom. The van der Waals surface area contributed by atoms with Crippen LogP contribution in [0.15, 0.2) is 18.2 Å². The lowest BCUT2D eigenvalue weighted by atomic mass is 10.0. The maximum atomic E-state index is 12.2. The number of nitrogens with one attached hydrogen (secondary N) is 1. The number of benzene rings is 1. The monoisotopic (exact) mass is 334 g/mol. The van der Waals surface area contributed by atoms with E-state index >= 15 is 0 Å². The number of likely N-dealkylation sites (tertiary alicyclic amines) is 1. The summed E-state index contributed by atoms with van der Waals surface area (Å²) in [7, 11) is 0. The molecule has 1 aromatic rings. The van der Waals surface area contributed by atoms with E-state index in [0.717, 1.165) is 0 Å². The molecule has 128 valence electrons. The van der Waals surface area contributed by atoms with Gasteiger partial charge in [-0.1, -0.05) is 0 Å². The van der Waals surface area contributed by atoms with Gasteiger partial charge in [0.2, 0.25) is 12.7 Å². The molecule has 0 saturated carbocycles. The van der Waals surface area contributed by atoms with Crippen molar-refractivity contribution in [2.24, 2.45) is 5.92 Å². The fraction of sp³-hybridized carbons (Fsp3) is 0.438. The first kappa shape index (κ1) is 16.1. The normalized spacial score (nSPS) is 21.6. The molecular weight excluding hydrogens is 316 g/mol. The van der Waals surface area contributed by atoms with Crippen molar-refractivity contribution < 1.29 is 29.0 Å². The largest absolute Gasteiger partial charge is 0.481 e. The molecule has 3 rings (SSSR count). The second kappa shape index (κ2) is 6.38. The summed E-state index contributed by atoms with van der Waals surface area (Å²) in [5, 5.41) is 11.7. The summed E-state index contributed by atoms with van der Waals surface area (Å²) in [6.07, 6.45) is 0.429. The van der Waals surface area contributed by atoms with Crippen molar-refractivity contribution in [1.82, 2.24) is 10.2 Å². The number of carbonyl (C=O) groups is 3. The average Bonchev–Trinajstić information content (AvgIpc) is 3.17. The molecule has 1 saturated heterocycles. The molecule has 2 aliphatic rings. The van der Waals surface area contributed by atoms with E-state index in [-0.39, 0.29) is 25.3 Å². The molecule has 2 amide bonds. The Hall–Kier alpha value is -2.77. The molecule has 1 fully saturated rings. The van der Waals surface area contributed by atoms with Crippen LogP contribution in [0.2, 0.25) is 0 Å². The van der Waals surface area contributed by atoms with Gasteiger partial charge in [-0.25, -0.2) is 0 Å². The van der Waals surface area contributed by atoms with E-state index in [2.05, 4.69) is 5.32 Å². The second-order valence-electron chi connectivity index (χ2n) is 5.81. The molecule has 2 aliphatic heterocycles. The van der Waals surface area contributed by atoms with Crippen LogP contribution in [-0.4, -0.2) is 53.7 Å². The standard InChI is InChI=1S/C16H18N2O6/c1-9-11(16(21)22)4-5-18(9)14(19)7-17-15(20)10-2-3-12-13(6-10)24-8-23-12/h2-3,6,9,11H,4-5,7-8H2,1H3,(H,17,20)(H,21,22). The summed E-state index contributed by atoms with van der Waals surface area (Å²) < 4.78 is 10.4. The molecule has 8 heteroatoms. The Morgan fingerprint density at radius 3 is 2.75 bits per heavy atom. The highest BCUT2D eigenvalue weighted by Crippen LogP contribution is 2.32. The number of carboxylic acid groups (broad SMARTS) is 1. The number of fused-ring (bicyclic) bond motifs is 1. The van der Waals surface area contributed by atoms with Crippen molar-refractivity contribution >= 4 is 17.8 Å². The summed E-state index contributed by atoms with van der Waals surface area (Å²) in [5.41, 5.74) is 0.366. The minimum Gasteiger partial charge on any atom is -0.481 e. The first-order valence-corrected chi connectivity index (χ1v) is 7.67. The molecule has 0 aliphatic carbocycles.